The minimum atomic E-state index is -2.41. The van der Waals surface area contributed by atoms with Crippen molar-refractivity contribution < 1.29 is 8.78 Å². The lowest BCUT2D eigenvalue weighted by atomic mass is 9.96. The Morgan fingerprint density at radius 3 is 2.36 bits per heavy atom. The van der Waals surface area contributed by atoms with Crippen molar-refractivity contribution in [1.29, 1.82) is 0 Å². The number of halogens is 3. The van der Waals surface area contributed by atoms with Gasteiger partial charge in [-0.25, -0.2) is 8.78 Å². The third-order valence-electron chi connectivity index (χ3n) is 2.78. The maximum Gasteiger partial charge on any atom is 0.256 e. The van der Waals surface area contributed by atoms with E-state index < -0.39 is 11.8 Å². The predicted octanol–water partition coefficient (Wildman–Crippen LogP) is 1.80. The van der Waals surface area contributed by atoms with E-state index >= 15 is 0 Å². The van der Waals surface area contributed by atoms with Crippen molar-refractivity contribution >= 4 is 12.4 Å². The molecule has 2 aliphatic carbocycles. The minimum absolute atomic E-state index is 0. The zero-order valence-electron chi connectivity index (χ0n) is 6.09. The molecule has 0 aromatic heterocycles. The van der Waals surface area contributed by atoms with Gasteiger partial charge < -0.3 is 5.73 Å². The molecule has 0 spiro atoms. The Bertz CT molecular complexity index is 163. The van der Waals surface area contributed by atoms with Crippen LogP contribution in [0.2, 0.25) is 0 Å². The number of hydrogen-bond acceptors (Lipinski definition) is 1. The number of alkyl halides is 2. The van der Waals surface area contributed by atoms with Crippen LogP contribution in [0.4, 0.5) is 8.78 Å². The Hall–Kier alpha value is 0.110. The standard InChI is InChI=1S/C7H11F2N.ClH/c8-7(9)4-2-1-3-5(10)6(4)7;/h4-6H,1-3,10H2;1H. The van der Waals surface area contributed by atoms with E-state index in [1.165, 1.54) is 0 Å². The summed E-state index contributed by atoms with van der Waals surface area (Å²) in [7, 11) is 0. The minimum Gasteiger partial charge on any atom is -0.327 e. The maximum atomic E-state index is 12.7. The molecule has 0 radical (unpaired) electrons. The van der Waals surface area contributed by atoms with Crippen LogP contribution in [0.1, 0.15) is 19.3 Å². The van der Waals surface area contributed by atoms with Gasteiger partial charge >= 0.3 is 0 Å². The molecule has 4 heteroatoms. The van der Waals surface area contributed by atoms with Gasteiger partial charge in [0.05, 0.1) is 0 Å². The molecule has 0 aromatic carbocycles. The lowest BCUT2D eigenvalue weighted by Crippen LogP contribution is -2.27. The Kier molecular flexibility index (Phi) is 2.14. The third kappa shape index (κ3) is 1.14. The van der Waals surface area contributed by atoms with Gasteiger partial charge in [0, 0.05) is 17.9 Å². The summed E-state index contributed by atoms with van der Waals surface area (Å²) in [4.78, 5) is 0. The second-order valence-electron chi connectivity index (χ2n) is 3.40. The highest BCUT2D eigenvalue weighted by Crippen LogP contribution is 2.61. The largest absolute Gasteiger partial charge is 0.327 e. The molecule has 0 aromatic rings. The molecule has 2 saturated carbocycles. The van der Waals surface area contributed by atoms with E-state index in [-0.39, 0.29) is 24.4 Å². The van der Waals surface area contributed by atoms with Gasteiger partial charge in [0.2, 0.25) is 0 Å². The smallest absolute Gasteiger partial charge is 0.256 e. The summed E-state index contributed by atoms with van der Waals surface area (Å²) in [6.45, 7) is 0. The van der Waals surface area contributed by atoms with Crippen molar-refractivity contribution in [2.75, 3.05) is 0 Å². The Morgan fingerprint density at radius 2 is 1.91 bits per heavy atom. The van der Waals surface area contributed by atoms with Crippen LogP contribution in [0.15, 0.2) is 0 Å². The van der Waals surface area contributed by atoms with Gasteiger partial charge in [-0.2, -0.15) is 0 Å². The van der Waals surface area contributed by atoms with Gasteiger partial charge in [-0.15, -0.1) is 12.4 Å². The lowest BCUT2D eigenvalue weighted by molar-refractivity contribution is 0.0828. The topological polar surface area (TPSA) is 26.0 Å². The third-order valence-corrected chi connectivity index (χ3v) is 2.78. The van der Waals surface area contributed by atoms with Crippen LogP contribution in [0.25, 0.3) is 0 Å². The van der Waals surface area contributed by atoms with Gasteiger partial charge in [0.1, 0.15) is 0 Å². The van der Waals surface area contributed by atoms with Gasteiger partial charge in [-0.1, -0.05) is 6.42 Å². The van der Waals surface area contributed by atoms with Gasteiger partial charge in [0.25, 0.3) is 5.92 Å². The maximum absolute atomic E-state index is 12.7. The normalized spacial score (nSPS) is 45.5. The van der Waals surface area contributed by atoms with Gasteiger partial charge in [-0.3, -0.25) is 0 Å². The Morgan fingerprint density at radius 1 is 1.27 bits per heavy atom. The number of nitrogens with two attached hydrogens (primary N) is 1. The van der Waals surface area contributed by atoms with Crippen LogP contribution in [0, 0.1) is 11.8 Å². The summed E-state index contributed by atoms with van der Waals surface area (Å²) in [6.07, 6.45) is 2.36. The molecule has 66 valence electrons. The van der Waals surface area contributed by atoms with Crippen molar-refractivity contribution in [3.8, 4) is 0 Å². The molecule has 2 N–H and O–H groups in total. The van der Waals surface area contributed by atoms with Crippen LogP contribution >= 0.6 is 12.4 Å². The first-order valence-electron chi connectivity index (χ1n) is 3.77. The van der Waals surface area contributed by atoms with Crippen molar-refractivity contribution in [2.24, 2.45) is 17.6 Å². The number of rotatable bonds is 0. The molecule has 2 rings (SSSR count). The van der Waals surface area contributed by atoms with E-state index in [0.717, 1.165) is 12.8 Å². The average molecular weight is 184 g/mol. The summed E-state index contributed by atoms with van der Waals surface area (Å²) in [6, 6.07) is -0.228. The fourth-order valence-electron chi connectivity index (χ4n) is 2.13. The molecule has 0 heterocycles. The van der Waals surface area contributed by atoms with Crippen molar-refractivity contribution in [3.05, 3.63) is 0 Å². The van der Waals surface area contributed by atoms with E-state index in [0.29, 0.717) is 6.42 Å². The highest BCUT2D eigenvalue weighted by molar-refractivity contribution is 5.85. The van der Waals surface area contributed by atoms with Crippen molar-refractivity contribution in [1.82, 2.24) is 0 Å². The van der Waals surface area contributed by atoms with E-state index in [1.807, 2.05) is 0 Å². The fourth-order valence-corrected chi connectivity index (χ4v) is 2.13. The first-order valence-corrected chi connectivity index (χ1v) is 3.77. The molecule has 2 fully saturated rings. The van der Waals surface area contributed by atoms with E-state index in [4.69, 9.17) is 5.73 Å². The number of fused-ring (bicyclic) bond motifs is 1. The summed E-state index contributed by atoms with van der Waals surface area (Å²) in [5.41, 5.74) is 5.52. The molecule has 0 amide bonds. The molecule has 0 aliphatic heterocycles. The van der Waals surface area contributed by atoms with E-state index in [9.17, 15) is 8.78 Å². The zero-order chi connectivity index (χ0) is 7.35. The first-order chi connectivity index (χ1) is 4.64. The average Bonchev–Trinajstić information content (AvgIpc) is 2.38. The quantitative estimate of drug-likeness (QED) is 0.609. The van der Waals surface area contributed by atoms with Crippen molar-refractivity contribution in [2.45, 2.75) is 31.2 Å². The SMILES string of the molecule is Cl.NC1CCCC2C1C2(F)F. The van der Waals surface area contributed by atoms with Crippen LogP contribution in [0.5, 0.6) is 0 Å². The summed E-state index contributed by atoms with van der Waals surface area (Å²) in [5.74, 6) is -3.24. The second-order valence-corrected chi connectivity index (χ2v) is 3.40. The molecule has 0 saturated heterocycles. The molecule has 2 aliphatic rings. The molecule has 11 heavy (non-hydrogen) atoms. The summed E-state index contributed by atoms with van der Waals surface area (Å²) < 4.78 is 25.3. The lowest BCUT2D eigenvalue weighted by Gasteiger charge is -2.13. The van der Waals surface area contributed by atoms with Crippen LogP contribution in [-0.4, -0.2) is 12.0 Å². The molecule has 1 nitrogen and oxygen atoms in total. The molecule has 3 atom stereocenters. The first kappa shape index (κ1) is 9.20. The highest BCUT2D eigenvalue weighted by atomic mass is 35.5. The molecule has 3 unspecified atom stereocenters. The monoisotopic (exact) mass is 183 g/mol. The zero-order valence-corrected chi connectivity index (χ0v) is 6.91. The summed E-state index contributed by atoms with van der Waals surface area (Å²) in [5, 5.41) is 0. The Labute approximate surface area is 70.7 Å². The van der Waals surface area contributed by atoms with E-state index in [2.05, 4.69) is 0 Å². The van der Waals surface area contributed by atoms with Gasteiger partial charge in [-0.05, 0) is 12.8 Å². The van der Waals surface area contributed by atoms with Crippen molar-refractivity contribution in [3.63, 3.8) is 0 Å². The second kappa shape index (κ2) is 2.56. The Balaban J connectivity index is 0.000000605. The van der Waals surface area contributed by atoms with Gasteiger partial charge in [0.15, 0.2) is 0 Å². The highest BCUT2D eigenvalue weighted by Gasteiger charge is 2.70. The molecule has 0 bridgehead atoms. The van der Waals surface area contributed by atoms with E-state index in [1.54, 1.807) is 0 Å². The molecular formula is C7H12ClF2N. The van der Waals surface area contributed by atoms with Crippen LogP contribution in [-0.2, 0) is 0 Å². The number of hydrogen-bond donors (Lipinski definition) is 1. The predicted molar refractivity (Wildman–Crippen MR) is 41.0 cm³/mol. The summed E-state index contributed by atoms with van der Waals surface area (Å²) >= 11 is 0. The van der Waals surface area contributed by atoms with Crippen LogP contribution < -0.4 is 5.73 Å². The van der Waals surface area contributed by atoms with Crippen LogP contribution in [0.3, 0.4) is 0 Å². The fraction of sp³-hybridized carbons (Fsp3) is 1.00. The molecular weight excluding hydrogens is 172 g/mol.